The number of benzene rings is 1. The molecule has 5 rings (SSSR count). The number of fused-ring (bicyclic) bond motifs is 6. The Hall–Kier alpha value is -2.27. The van der Waals surface area contributed by atoms with Crippen LogP contribution in [0.3, 0.4) is 0 Å². The van der Waals surface area contributed by atoms with Crippen LogP contribution >= 0.6 is 11.3 Å². The van der Waals surface area contributed by atoms with Crippen LogP contribution in [0.1, 0.15) is 32.7 Å². The highest BCUT2D eigenvalue weighted by Gasteiger charge is 2.42. The number of carbonyl (C=O) groups excluding carboxylic acids is 1. The number of anilines is 1. The molecule has 1 unspecified atom stereocenters. The summed E-state index contributed by atoms with van der Waals surface area (Å²) < 4.78 is 0. The molecule has 3 aromatic rings. The van der Waals surface area contributed by atoms with Gasteiger partial charge in [-0.3, -0.25) is 4.79 Å². The number of para-hydroxylation sites is 1. The first kappa shape index (κ1) is 13.2. The molecule has 1 atom stereocenters. The van der Waals surface area contributed by atoms with Crippen LogP contribution in [0.5, 0.6) is 0 Å². The summed E-state index contributed by atoms with van der Waals surface area (Å²) in [4.78, 5) is 21.9. The van der Waals surface area contributed by atoms with Crippen molar-refractivity contribution in [1.82, 2.24) is 9.88 Å². The summed E-state index contributed by atoms with van der Waals surface area (Å²) in [5.41, 5.74) is 4.54. The number of carbonyl (C=O) groups is 1. The Morgan fingerprint density at radius 1 is 1.30 bits per heavy atom. The van der Waals surface area contributed by atoms with Crippen molar-refractivity contribution < 1.29 is 4.79 Å². The molecule has 0 fully saturated rings. The number of amides is 1. The predicted molar refractivity (Wildman–Crippen MR) is 93.2 cm³/mol. The molecule has 0 radical (unpaired) electrons. The summed E-state index contributed by atoms with van der Waals surface area (Å²) in [6.07, 6.45) is 0.887. The highest BCUT2D eigenvalue weighted by atomic mass is 32.1. The van der Waals surface area contributed by atoms with E-state index < -0.39 is 0 Å². The van der Waals surface area contributed by atoms with Gasteiger partial charge in [-0.25, -0.2) is 0 Å². The zero-order valence-electron chi connectivity index (χ0n) is 13.1. The lowest BCUT2D eigenvalue weighted by molar-refractivity contribution is 0.0637. The minimum atomic E-state index is -0.0239. The molecular weight excluding hydrogens is 306 g/mol. The van der Waals surface area contributed by atoms with Crippen molar-refractivity contribution in [3.63, 3.8) is 0 Å². The van der Waals surface area contributed by atoms with Gasteiger partial charge in [0.25, 0.3) is 5.91 Å². The molecular formula is C18H17N3OS. The molecule has 1 N–H and O–H groups in total. The Labute approximate surface area is 138 Å². The maximum absolute atomic E-state index is 12.9. The molecule has 0 aliphatic carbocycles. The second-order valence-electron chi connectivity index (χ2n) is 6.37. The molecule has 0 saturated carbocycles. The van der Waals surface area contributed by atoms with Crippen LogP contribution in [0.2, 0.25) is 0 Å². The molecule has 0 spiro atoms. The number of H-pyrrole nitrogens is 1. The molecule has 2 aliphatic rings. The van der Waals surface area contributed by atoms with E-state index in [-0.39, 0.29) is 12.1 Å². The van der Waals surface area contributed by atoms with Crippen LogP contribution in [-0.4, -0.2) is 29.4 Å². The Bertz CT molecular complexity index is 954. The summed E-state index contributed by atoms with van der Waals surface area (Å²) in [6.45, 7) is 2.84. The van der Waals surface area contributed by atoms with Gasteiger partial charge in [-0.2, -0.15) is 0 Å². The van der Waals surface area contributed by atoms with E-state index in [9.17, 15) is 4.79 Å². The smallest absolute Gasteiger partial charge is 0.258 e. The Balaban J connectivity index is 1.74. The van der Waals surface area contributed by atoms with E-state index in [1.165, 1.54) is 21.5 Å². The molecule has 0 saturated heterocycles. The number of hydrogen-bond acceptors (Lipinski definition) is 3. The summed E-state index contributed by atoms with van der Waals surface area (Å²) in [5.74, 6) is 0.164. The fraction of sp³-hybridized carbons (Fsp3) is 0.278. The summed E-state index contributed by atoms with van der Waals surface area (Å²) in [5, 5.41) is 2.37. The van der Waals surface area contributed by atoms with Crippen LogP contribution < -0.4 is 4.90 Å². The molecule has 0 bridgehead atoms. The highest BCUT2D eigenvalue weighted by molar-refractivity contribution is 7.16. The number of nitrogens with one attached hydrogen (secondary N) is 1. The molecule has 116 valence electrons. The molecule has 23 heavy (non-hydrogen) atoms. The van der Waals surface area contributed by atoms with Gasteiger partial charge < -0.3 is 14.8 Å². The topological polar surface area (TPSA) is 39.3 Å². The van der Waals surface area contributed by atoms with Crippen LogP contribution in [0.4, 0.5) is 5.00 Å². The predicted octanol–water partition coefficient (Wildman–Crippen LogP) is 3.68. The van der Waals surface area contributed by atoms with Gasteiger partial charge in [-0.1, -0.05) is 18.2 Å². The number of hydrogen-bond donors (Lipinski definition) is 1. The van der Waals surface area contributed by atoms with Gasteiger partial charge in [0.1, 0.15) is 11.2 Å². The summed E-state index contributed by atoms with van der Waals surface area (Å²) in [7, 11) is 2.10. The monoisotopic (exact) mass is 323 g/mol. The first-order valence-electron chi connectivity index (χ1n) is 7.89. The molecule has 4 nitrogen and oxygen atoms in total. The lowest BCUT2D eigenvalue weighted by atomic mass is 9.98. The van der Waals surface area contributed by atoms with Crippen molar-refractivity contribution in [2.45, 2.75) is 19.5 Å². The maximum Gasteiger partial charge on any atom is 0.258 e. The third kappa shape index (κ3) is 1.63. The average Bonchev–Trinajstić information content (AvgIpc) is 3.12. The van der Waals surface area contributed by atoms with E-state index in [0.717, 1.165) is 29.0 Å². The van der Waals surface area contributed by atoms with Crippen molar-refractivity contribution in [1.29, 1.82) is 0 Å². The first-order chi connectivity index (χ1) is 11.1. The van der Waals surface area contributed by atoms with Gasteiger partial charge in [0.2, 0.25) is 0 Å². The lowest BCUT2D eigenvalue weighted by Crippen LogP contribution is -2.50. The number of nitrogens with zero attached hydrogens (tertiary/aromatic N) is 2. The van der Waals surface area contributed by atoms with E-state index in [2.05, 4.69) is 48.1 Å². The number of aromatic amines is 1. The first-order valence-corrected chi connectivity index (χ1v) is 8.70. The van der Waals surface area contributed by atoms with E-state index >= 15 is 0 Å². The van der Waals surface area contributed by atoms with Gasteiger partial charge in [0.05, 0.1) is 11.3 Å². The van der Waals surface area contributed by atoms with Gasteiger partial charge in [0.15, 0.2) is 0 Å². The summed E-state index contributed by atoms with van der Waals surface area (Å²) in [6, 6.07) is 10.4. The van der Waals surface area contributed by atoms with E-state index in [4.69, 9.17) is 0 Å². The Kier molecular flexibility index (Phi) is 2.52. The van der Waals surface area contributed by atoms with Crippen molar-refractivity contribution >= 4 is 33.1 Å². The fourth-order valence-corrected chi connectivity index (χ4v) is 5.00. The zero-order valence-corrected chi connectivity index (χ0v) is 13.9. The second kappa shape index (κ2) is 4.38. The third-order valence-corrected chi connectivity index (χ3v) is 6.16. The van der Waals surface area contributed by atoms with Crippen molar-refractivity contribution in [3.8, 4) is 0 Å². The largest absolute Gasteiger partial charge is 0.355 e. The fourth-order valence-electron chi connectivity index (χ4n) is 4.02. The normalized spacial score (nSPS) is 19.7. The molecule has 2 aromatic heterocycles. The van der Waals surface area contributed by atoms with Gasteiger partial charge in [-0.15, -0.1) is 11.3 Å². The quantitative estimate of drug-likeness (QED) is 0.685. The number of thiophene rings is 1. The van der Waals surface area contributed by atoms with Crippen molar-refractivity contribution in [2.75, 3.05) is 18.5 Å². The molecule has 5 heteroatoms. The molecule has 4 heterocycles. The van der Waals surface area contributed by atoms with E-state index in [0.29, 0.717) is 0 Å². The van der Waals surface area contributed by atoms with Gasteiger partial charge >= 0.3 is 0 Å². The number of rotatable bonds is 0. The minimum Gasteiger partial charge on any atom is -0.355 e. The highest BCUT2D eigenvalue weighted by Crippen LogP contribution is 2.45. The lowest BCUT2D eigenvalue weighted by Gasteiger charge is -2.44. The maximum atomic E-state index is 12.9. The standard InChI is InChI=1S/C18H17N3OS/c1-10-9-13-17(22)21-8-7-12-11-5-3-4-6-14(11)19-15(12)16(21)20(2)18(13)23-10/h3-6,9,16,19H,7-8H2,1-2H3. The van der Waals surface area contributed by atoms with Crippen LogP contribution in [0.25, 0.3) is 10.9 Å². The molecule has 1 aromatic carbocycles. The molecule has 1 amide bonds. The van der Waals surface area contributed by atoms with Crippen molar-refractivity contribution in [2.24, 2.45) is 0 Å². The Morgan fingerprint density at radius 3 is 3.00 bits per heavy atom. The summed E-state index contributed by atoms with van der Waals surface area (Å²) >= 11 is 1.70. The van der Waals surface area contributed by atoms with Crippen molar-refractivity contribution in [3.05, 3.63) is 52.0 Å². The Morgan fingerprint density at radius 2 is 2.13 bits per heavy atom. The SMILES string of the molecule is Cc1cc2c(s1)N(C)C1c3[nH]c4ccccc4c3CCN1C2=O. The third-order valence-electron chi connectivity index (χ3n) is 5.02. The zero-order chi connectivity index (χ0) is 15.7. The number of aryl methyl sites for hydroxylation is 1. The minimum absolute atomic E-state index is 0.0239. The van der Waals surface area contributed by atoms with Gasteiger partial charge in [-0.05, 0) is 31.0 Å². The van der Waals surface area contributed by atoms with E-state index in [1.807, 2.05) is 11.0 Å². The van der Waals surface area contributed by atoms with Crippen LogP contribution in [-0.2, 0) is 6.42 Å². The van der Waals surface area contributed by atoms with Crippen LogP contribution in [0.15, 0.2) is 30.3 Å². The van der Waals surface area contributed by atoms with E-state index in [1.54, 1.807) is 11.3 Å². The molecule has 2 aliphatic heterocycles. The average molecular weight is 323 g/mol. The second-order valence-corrected chi connectivity index (χ2v) is 7.61. The van der Waals surface area contributed by atoms with Crippen LogP contribution in [0, 0.1) is 6.92 Å². The van der Waals surface area contributed by atoms with Gasteiger partial charge in [0, 0.05) is 29.4 Å². The number of aromatic nitrogens is 1.